The fourth-order valence-electron chi connectivity index (χ4n) is 5.20. The van der Waals surface area contributed by atoms with Crippen LogP contribution in [0.3, 0.4) is 0 Å². The Morgan fingerprint density at radius 1 is 1.05 bits per heavy atom. The fourth-order valence-corrected chi connectivity index (χ4v) is 5.20. The van der Waals surface area contributed by atoms with Crippen molar-refractivity contribution >= 4 is 34.7 Å². The molecule has 3 aromatic carbocycles. The summed E-state index contributed by atoms with van der Waals surface area (Å²) in [6.07, 6.45) is -3.25. The number of anilines is 3. The molecule has 1 unspecified atom stereocenters. The molecule has 1 atom stereocenters. The second-order valence-corrected chi connectivity index (χ2v) is 9.63. The quantitative estimate of drug-likeness (QED) is 0.381. The van der Waals surface area contributed by atoms with Crippen LogP contribution in [-0.2, 0) is 11.0 Å². The summed E-state index contributed by atoms with van der Waals surface area (Å²) in [5.74, 6) is -0.270. The number of fused-ring (bicyclic) bond motifs is 1. The van der Waals surface area contributed by atoms with Gasteiger partial charge in [0.05, 0.1) is 23.7 Å². The van der Waals surface area contributed by atoms with Crippen LogP contribution >= 0.6 is 0 Å². The van der Waals surface area contributed by atoms with Gasteiger partial charge in [-0.25, -0.2) is 4.99 Å². The third-order valence-electron chi connectivity index (χ3n) is 7.15. The molecule has 2 aliphatic heterocycles. The zero-order chi connectivity index (χ0) is 29.1. The molecule has 2 aliphatic rings. The van der Waals surface area contributed by atoms with Crippen LogP contribution < -0.4 is 19.9 Å². The van der Waals surface area contributed by atoms with E-state index >= 15 is 0 Å². The van der Waals surface area contributed by atoms with Gasteiger partial charge in [0, 0.05) is 61.9 Å². The Morgan fingerprint density at radius 3 is 2.44 bits per heavy atom. The number of piperazine rings is 1. The van der Waals surface area contributed by atoms with E-state index in [1.807, 2.05) is 17.0 Å². The van der Waals surface area contributed by atoms with Gasteiger partial charge in [-0.3, -0.25) is 4.79 Å². The lowest BCUT2D eigenvalue weighted by Crippen LogP contribution is -2.55. The number of hydrogen-bond acceptors (Lipinski definition) is 8. The standard InChI is InChI=1S/C29H27F3N6O3/c1-34-20-8-9-25-24(15-20)26(17-27(39)40)38(22-6-2-4-19(14-22)29(30,31)32)28(35-25)37-12-10-36(11-13-37)21-5-3-7-23(16-21)41-18-33/h2-9,14-16,26,34H,10-13,17H2,1H3,(H,39,40). The van der Waals surface area contributed by atoms with Gasteiger partial charge < -0.3 is 29.9 Å². The number of halogens is 3. The summed E-state index contributed by atoms with van der Waals surface area (Å²) in [4.78, 5) is 22.7. The van der Waals surface area contributed by atoms with E-state index in [4.69, 9.17) is 15.0 Å². The first-order chi connectivity index (χ1) is 19.7. The van der Waals surface area contributed by atoms with Crippen molar-refractivity contribution in [3.8, 4) is 12.0 Å². The minimum Gasteiger partial charge on any atom is -0.481 e. The molecule has 9 nitrogen and oxygen atoms in total. The number of guanidine groups is 1. The SMILES string of the molecule is CNc1ccc2c(c1)C(CC(=O)O)N(c1cccc(C(F)(F)F)c1)C(N1CCN(c3cccc(OC#N)c3)CC1)=N2. The van der Waals surface area contributed by atoms with Crippen molar-refractivity contribution < 1.29 is 27.8 Å². The molecule has 0 radical (unpaired) electrons. The summed E-state index contributed by atoms with van der Waals surface area (Å²) in [5.41, 5.74) is 2.15. The van der Waals surface area contributed by atoms with E-state index < -0.39 is 23.8 Å². The maximum Gasteiger partial charge on any atom is 0.416 e. The first kappa shape index (κ1) is 27.6. The largest absolute Gasteiger partial charge is 0.481 e. The molecule has 0 bridgehead atoms. The molecule has 212 valence electrons. The lowest BCUT2D eigenvalue weighted by molar-refractivity contribution is -0.138. The van der Waals surface area contributed by atoms with Crippen molar-refractivity contribution in [2.75, 3.05) is 48.3 Å². The molecular formula is C29H27F3N6O3. The van der Waals surface area contributed by atoms with Crippen molar-refractivity contribution in [2.45, 2.75) is 18.6 Å². The number of carboxylic acid groups (broad SMARTS) is 1. The number of alkyl halides is 3. The minimum atomic E-state index is -4.57. The Labute approximate surface area is 234 Å². The van der Waals surface area contributed by atoms with Gasteiger partial charge >= 0.3 is 12.1 Å². The van der Waals surface area contributed by atoms with Crippen molar-refractivity contribution in [3.05, 3.63) is 77.9 Å². The van der Waals surface area contributed by atoms with Crippen LogP contribution in [0.25, 0.3) is 0 Å². The van der Waals surface area contributed by atoms with Crippen LogP contribution in [0.15, 0.2) is 71.7 Å². The number of nitrogens with zero attached hydrogens (tertiary/aromatic N) is 5. The van der Waals surface area contributed by atoms with Gasteiger partial charge in [0.2, 0.25) is 5.96 Å². The highest BCUT2D eigenvalue weighted by molar-refractivity contribution is 6.01. The fraction of sp³-hybridized carbons (Fsp3) is 0.276. The highest BCUT2D eigenvalue weighted by Gasteiger charge is 2.38. The van der Waals surface area contributed by atoms with Crippen molar-refractivity contribution in [1.82, 2.24) is 4.90 Å². The highest BCUT2D eigenvalue weighted by Crippen LogP contribution is 2.43. The molecule has 0 amide bonds. The molecule has 0 aliphatic carbocycles. The number of carboxylic acids is 1. The van der Waals surface area contributed by atoms with Crippen molar-refractivity contribution in [2.24, 2.45) is 4.99 Å². The summed E-state index contributed by atoms with van der Waals surface area (Å²) in [7, 11) is 1.73. The van der Waals surface area contributed by atoms with Gasteiger partial charge in [0.25, 0.3) is 6.26 Å². The van der Waals surface area contributed by atoms with E-state index in [1.54, 1.807) is 54.6 Å². The Balaban J connectivity index is 1.54. The third-order valence-corrected chi connectivity index (χ3v) is 7.15. The molecule has 5 rings (SSSR count). The van der Waals surface area contributed by atoms with Crippen LogP contribution in [0.2, 0.25) is 0 Å². The summed E-state index contributed by atoms with van der Waals surface area (Å²) in [6, 6.07) is 16.7. The van der Waals surface area contributed by atoms with E-state index in [1.165, 1.54) is 6.07 Å². The number of carbonyl (C=O) groups is 1. The maximum absolute atomic E-state index is 13.7. The van der Waals surface area contributed by atoms with Gasteiger partial charge in [-0.05, 0) is 48.5 Å². The van der Waals surface area contributed by atoms with Crippen LogP contribution in [0.1, 0.15) is 23.6 Å². The van der Waals surface area contributed by atoms with Gasteiger partial charge in [-0.1, -0.05) is 12.1 Å². The maximum atomic E-state index is 13.7. The molecule has 1 saturated heterocycles. The number of hydrogen-bond donors (Lipinski definition) is 2. The van der Waals surface area contributed by atoms with E-state index in [2.05, 4.69) is 10.2 Å². The summed E-state index contributed by atoms with van der Waals surface area (Å²) >= 11 is 0. The topological polar surface area (TPSA) is 104 Å². The van der Waals surface area contributed by atoms with Gasteiger partial charge in [0.1, 0.15) is 5.75 Å². The van der Waals surface area contributed by atoms with Gasteiger partial charge in [0.15, 0.2) is 0 Å². The van der Waals surface area contributed by atoms with Crippen LogP contribution in [-0.4, -0.2) is 55.2 Å². The zero-order valence-electron chi connectivity index (χ0n) is 22.1. The van der Waals surface area contributed by atoms with Gasteiger partial charge in [-0.2, -0.15) is 13.2 Å². The Morgan fingerprint density at radius 2 is 1.76 bits per heavy atom. The minimum absolute atomic E-state index is 0.203. The number of nitriles is 1. The molecule has 12 heteroatoms. The lowest BCUT2D eigenvalue weighted by atomic mass is 9.96. The van der Waals surface area contributed by atoms with E-state index in [0.717, 1.165) is 23.5 Å². The monoisotopic (exact) mass is 564 g/mol. The molecule has 1 fully saturated rings. The average Bonchev–Trinajstić information content (AvgIpc) is 2.96. The zero-order valence-corrected chi connectivity index (χ0v) is 22.1. The molecule has 2 heterocycles. The molecule has 0 aromatic heterocycles. The van der Waals surface area contributed by atoms with Crippen LogP contribution in [0.5, 0.6) is 5.75 Å². The predicted molar refractivity (Wildman–Crippen MR) is 148 cm³/mol. The Kier molecular flexibility index (Phi) is 7.61. The molecule has 0 spiro atoms. The van der Waals surface area contributed by atoms with E-state index in [-0.39, 0.29) is 12.1 Å². The average molecular weight is 565 g/mol. The van der Waals surface area contributed by atoms with E-state index in [0.29, 0.717) is 49.1 Å². The number of rotatable bonds is 6. The Bertz CT molecular complexity index is 1510. The van der Waals surface area contributed by atoms with E-state index in [9.17, 15) is 23.1 Å². The number of aliphatic carboxylic acids is 1. The lowest BCUT2D eigenvalue weighted by Gasteiger charge is -2.45. The number of ether oxygens (including phenoxy) is 1. The second-order valence-electron chi connectivity index (χ2n) is 9.63. The highest BCUT2D eigenvalue weighted by atomic mass is 19.4. The van der Waals surface area contributed by atoms with Crippen LogP contribution in [0, 0.1) is 11.5 Å². The molecular weight excluding hydrogens is 537 g/mol. The second kappa shape index (κ2) is 11.3. The number of benzene rings is 3. The normalized spacial score (nSPS) is 16.9. The summed E-state index contributed by atoms with van der Waals surface area (Å²) in [5, 5.41) is 21.7. The molecule has 2 N–H and O–H groups in total. The first-order valence-corrected chi connectivity index (χ1v) is 12.9. The smallest absolute Gasteiger partial charge is 0.416 e. The summed E-state index contributed by atoms with van der Waals surface area (Å²) in [6.45, 7) is 2.06. The number of nitrogens with one attached hydrogen (secondary N) is 1. The van der Waals surface area contributed by atoms with Gasteiger partial charge in [-0.15, -0.1) is 5.26 Å². The summed E-state index contributed by atoms with van der Waals surface area (Å²) < 4.78 is 46.1. The van der Waals surface area contributed by atoms with Crippen molar-refractivity contribution in [1.29, 1.82) is 5.26 Å². The molecule has 3 aromatic rings. The van der Waals surface area contributed by atoms with Crippen molar-refractivity contribution in [3.63, 3.8) is 0 Å². The predicted octanol–water partition coefficient (Wildman–Crippen LogP) is 5.45. The van der Waals surface area contributed by atoms with Crippen LogP contribution in [0.4, 0.5) is 35.9 Å². The molecule has 41 heavy (non-hydrogen) atoms. The third kappa shape index (κ3) is 5.84. The number of aliphatic imine (C=N–C) groups is 1. The first-order valence-electron chi connectivity index (χ1n) is 12.9. The Hall–Kier alpha value is -4.92. The molecule has 0 saturated carbocycles.